The van der Waals surface area contributed by atoms with Gasteiger partial charge in [-0.25, -0.2) is 5.43 Å². The Bertz CT molecular complexity index is 894. The molecule has 8 heteroatoms. The van der Waals surface area contributed by atoms with E-state index in [4.69, 9.17) is 33.3 Å². The Balaban J connectivity index is 0.000000451. The number of ketones is 1. The Kier molecular flexibility index (Phi) is 14.0. The summed E-state index contributed by atoms with van der Waals surface area (Å²) in [6, 6.07) is 14.8. The van der Waals surface area contributed by atoms with Gasteiger partial charge in [-0.2, -0.15) is 5.26 Å². The first-order valence-corrected chi connectivity index (χ1v) is 10.1. The predicted molar refractivity (Wildman–Crippen MR) is 124 cm³/mol. The molecule has 1 saturated carbocycles. The van der Waals surface area contributed by atoms with Gasteiger partial charge in [-0.1, -0.05) is 66.5 Å². The first kappa shape index (κ1) is 28.4. The molecule has 0 aromatic heterocycles. The van der Waals surface area contributed by atoms with Crippen LogP contribution >= 0.6 is 23.2 Å². The molecule has 0 unspecified atom stereocenters. The number of aldehydes is 1. The predicted octanol–water partition coefficient (Wildman–Crippen LogP) is 4.46. The van der Waals surface area contributed by atoms with Crippen molar-refractivity contribution in [3.63, 3.8) is 0 Å². The number of halogens is 2. The maximum Gasteiger partial charge on any atom is 0.160 e. The van der Waals surface area contributed by atoms with Gasteiger partial charge in [-0.05, 0) is 42.4 Å². The Hall–Kier alpha value is -2.56. The molecule has 0 saturated heterocycles. The molecule has 166 valence electrons. The van der Waals surface area contributed by atoms with E-state index in [0.29, 0.717) is 22.4 Å². The summed E-state index contributed by atoms with van der Waals surface area (Å²) < 4.78 is 0. The Morgan fingerprint density at radius 2 is 1.84 bits per heavy atom. The van der Waals surface area contributed by atoms with Crippen LogP contribution < -0.4 is 11.3 Å². The van der Waals surface area contributed by atoms with Crippen LogP contribution in [-0.4, -0.2) is 25.4 Å². The van der Waals surface area contributed by atoms with E-state index >= 15 is 0 Å². The number of Topliss-reactive ketones (excluding diaryl/α,β-unsaturated/α-hetero) is 1. The fourth-order valence-electron chi connectivity index (χ4n) is 2.60. The number of benzene rings is 2. The molecule has 0 aliphatic heterocycles. The lowest BCUT2D eigenvalue weighted by Crippen LogP contribution is -2.21. The Morgan fingerprint density at radius 3 is 2.29 bits per heavy atom. The monoisotopic (exact) mass is 463 g/mol. The number of carbonyl (C=O) groups is 3. The van der Waals surface area contributed by atoms with Gasteiger partial charge in [-0.15, -0.1) is 0 Å². The van der Waals surface area contributed by atoms with Crippen LogP contribution in [0.15, 0.2) is 42.5 Å². The van der Waals surface area contributed by atoms with Gasteiger partial charge in [0.2, 0.25) is 0 Å². The molecule has 6 nitrogen and oxygen atoms in total. The van der Waals surface area contributed by atoms with Gasteiger partial charge >= 0.3 is 0 Å². The van der Waals surface area contributed by atoms with Crippen LogP contribution in [0.3, 0.4) is 0 Å². The molecular formula is C23H27Cl2N3O3. The minimum absolute atomic E-state index is 0.00690. The van der Waals surface area contributed by atoms with Crippen LogP contribution in [0.5, 0.6) is 0 Å². The maximum atomic E-state index is 11.0. The van der Waals surface area contributed by atoms with E-state index in [1.807, 2.05) is 25.0 Å². The molecular weight excluding hydrogens is 437 g/mol. The number of nitrogens with two attached hydrogens (primary N) is 1. The lowest BCUT2D eigenvalue weighted by molar-refractivity contribution is -0.107. The number of nitrogens with one attached hydrogen (secondary N) is 1. The number of nitriles is 1. The van der Waals surface area contributed by atoms with E-state index in [9.17, 15) is 9.59 Å². The minimum Gasteiger partial charge on any atom is -0.307 e. The second-order valence-electron chi connectivity index (χ2n) is 6.79. The van der Waals surface area contributed by atoms with E-state index < -0.39 is 0 Å². The highest BCUT2D eigenvalue weighted by Gasteiger charge is 2.40. The van der Waals surface area contributed by atoms with Crippen LogP contribution in [0.4, 0.5) is 0 Å². The highest BCUT2D eigenvalue weighted by atomic mass is 35.5. The van der Waals surface area contributed by atoms with Crippen molar-refractivity contribution < 1.29 is 14.4 Å². The fourth-order valence-corrected chi connectivity index (χ4v) is 3.13. The number of hydrogen-bond acceptors (Lipinski definition) is 6. The standard InChI is InChI=1S/C10H10Cl2.C10H10O2.C2H5N3.CH2O/c1-10(5-6-10)7-3-2-4-8(11)9(7)12;1-8(12)10-5-3-2-4-9(10)6-7-11;3-1-2-5-4;1-2/h2-4H,5-6H2,1H3;2-5,7H,6H2,1H3;5H,2,4H2;1H2. The van der Waals surface area contributed by atoms with Gasteiger partial charge in [0.25, 0.3) is 0 Å². The summed E-state index contributed by atoms with van der Waals surface area (Å²) in [5.74, 6) is 4.67. The number of nitrogens with zero attached hydrogens (tertiary/aromatic N) is 1. The molecule has 0 radical (unpaired) electrons. The van der Waals surface area contributed by atoms with Gasteiger partial charge in [0, 0.05) is 12.0 Å². The van der Waals surface area contributed by atoms with Crippen LogP contribution in [0.1, 0.15) is 48.2 Å². The van der Waals surface area contributed by atoms with Crippen molar-refractivity contribution in [1.82, 2.24) is 5.43 Å². The van der Waals surface area contributed by atoms with Crippen molar-refractivity contribution in [1.29, 1.82) is 5.26 Å². The smallest absolute Gasteiger partial charge is 0.160 e. The van der Waals surface area contributed by atoms with Crippen LogP contribution in [-0.2, 0) is 21.4 Å². The van der Waals surface area contributed by atoms with E-state index in [-0.39, 0.29) is 12.3 Å². The van der Waals surface area contributed by atoms with Gasteiger partial charge in [0.1, 0.15) is 13.1 Å². The van der Waals surface area contributed by atoms with Gasteiger partial charge in [0.05, 0.1) is 22.7 Å². The third-order valence-electron chi connectivity index (χ3n) is 4.48. The van der Waals surface area contributed by atoms with Crippen LogP contribution in [0.25, 0.3) is 0 Å². The minimum atomic E-state index is 0.00690. The molecule has 0 heterocycles. The summed E-state index contributed by atoms with van der Waals surface area (Å²) in [6.07, 6.45) is 3.58. The first-order chi connectivity index (χ1) is 14.8. The molecule has 0 amide bonds. The topological polar surface area (TPSA) is 113 Å². The van der Waals surface area contributed by atoms with Crippen LogP contribution in [0.2, 0.25) is 10.0 Å². The lowest BCUT2D eigenvalue weighted by atomic mass is 9.99. The molecule has 0 spiro atoms. The lowest BCUT2D eigenvalue weighted by Gasteiger charge is -2.11. The summed E-state index contributed by atoms with van der Waals surface area (Å²) in [4.78, 5) is 29.3. The quantitative estimate of drug-likeness (QED) is 0.222. The zero-order chi connectivity index (χ0) is 23.9. The molecule has 2 aromatic carbocycles. The first-order valence-electron chi connectivity index (χ1n) is 9.37. The van der Waals surface area contributed by atoms with Gasteiger partial charge < -0.3 is 9.59 Å². The number of rotatable bonds is 5. The second kappa shape index (κ2) is 15.3. The number of carbonyl (C=O) groups excluding carboxylic acids is 3. The van der Waals surface area contributed by atoms with E-state index in [1.165, 1.54) is 25.3 Å². The van der Waals surface area contributed by atoms with E-state index in [2.05, 4.69) is 24.3 Å². The molecule has 31 heavy (non-hydrogen) atoms. The summed E-state index contributed by atoms with van der Waals surface area (Å²) in [6.45, 7) is 5.95. The average molecular weight is 464 g/mol. The maximum absolute atomic E-state index is 11.0. The molecule has 3 N–H and O–H groups in total. The normalized spacial score (nSPS) is 12.3. The van der Waals surface area contributed by atoms with E-state index in [0.717, 1.165) is 16.9 Å². The van der Waals surface area contributed by atoms with Crippen molar-refractivity contribution in [2.24, 2.45) is 5.84 Å². The van der Waals surface area contributed by atoms with Crippen LogP contribution in [0, 0.1) is 11.3 Å². The zero-order valence-electron chi connectivity index (χ0n) is 17.7. The third-order valence-corrected chi connectivity index (χ3v) is 5.30. The fraction of sp³-hybridized carbons (Fsp3) is 0.304. The molecule has 1 fully saturated rings. The second-order valence-corrected chi connectivity index (χ2v) is 7.57. The average Bonchev–Trinajstić information content (AvgIpc) is 3.52. The molecule has 0 bridgehead atoms. The SMILES string of the molecule is C=O.CC(=O)c1ccccc1CC=O.CC1(c2cccc(Cl)c2Cl)CC1.N#CCNN. The molecule has 3 rings (SSSR count). The van der Waals surface area contributed by atoms with Crippen molar-refractivity contribution >= 4 is 42.1 Å². The van der Waals surface area contributed by atoms with Crippen molar-refractivity contribution in [2.45, 2.75) is 38.5 Å². The molecule has 2 aromatic rings. The molecule has 1 aliphatic rings. The zero-order valence-corrected chi connectivity index (χ0v) is 19.2. The highest BCUT2D eigenvalue weighted by molar-refractivity contribution is 6.42. The Labute approximate surface area is 193 Å². The number of hydrazine groups is 1. The third kappa shape index (κ3) is 9.86. The largest absolute Gasteiger partial charge is 0.307 e. The summed E-state index contributed by atoms with van der Waals surface area (Å²) in [7, 11) is 0. The molecule has 0 atom stereocenters. The number of hydrogen-bond donors (Lipinski definition) is 2. The highest BCUT2D eigenvalue weighted by Crippen LogP contribution is 2.50. The van der Waals surface area contributed by atoms with Crippen molar-refractivity contribution in [2.75, 3.05) is 6.54 Å². The summed E-state index contributed by atoms with van der Waals surface area (Å²) in [5.41, 5.74) is 5.12. The van der Waals surface area contributed by atoms with Gasteiger partial charge in [0.15, 0.2) is 5.78 Å². The molecule has 1 aliphatic carbocycles. The van der Waals surface area contributed by atoms with Crippen molar-refractivity contribution in [3.8, 4) is 6.07 Å². The Morgan fingerprint density at radius 1 is 1.23 bits per heavy atom. The summed E-state index contributed by atoms with van der Waals surface area (Å²) in [5, 5.41) is 9.08. The summed E-state index contributed by atoms with van der Waals surface area (Å²) >= 11 is 12.0. The van der Waals surface area contributed by atoms with Crippen molar-refractivity contribution in [3.05, 3.63) is 69.2 Å². The van der Waals surface area contributed by atoms with Gasteiger partial charge in [-0.3, -0.25) is 10.6 Å². The van der Waals surface area contributed by atoms with E-state index in [1.54, 1.807) is 24.3 Å².